The van der Waals surface area contributed by atoms with Crippen molar-refractivity contribution in [1.82, 2.24) is 15.0 Å². The van der Waals surface area contributed by atoms with Gasteiger partial charge in [-0.2, -0.15) is 0 Å². The normalized spacial score (nSPS) is 12.4. The Labute approximate surface area is 125 Å². The first kappa shape index (κ1) is 15.3. The van der Waals surface area contributed by atoms with Crippen LogP contribution < -0.4 is 0 Å². The van der Waals surface area contributed by atoms with Gasteiger partial charge in [-0.15, -0.1) is 0 Å². The number of benzene rings is 1. The van der Waals surface area contributed by atoms with Crippen molar-refractivity contribution in [3.8, 4) is 0 Å². The fourth-order valence-corrected chi connectivity index (χ4v) is 2.35. The van der Waals surface area contributed by atoms with Gasteiger partial charge in [0.2, 0.25) is 5.91 Å². The highest BCUT2D eigenvalue weighted by Gasteiger charge is 2.26. The van der Waals surface area contributed by atoms with E-state index in [-0.39, 0.29) is 11.9 Å². The third-order valence-corrected chi connectivity index (χ3v) is 3.37. The Morgan fingerprint density at radius 1 is 1.29 bits per heavy atom. The van der Waals surface area contributed by atoms with Gasteiger partial charge in [-0.1, -0.05) is 35.0 Å². The van der Waals surface area contributed by atoms with Gasteiger partial charge in [0.15, 0.2) is 0 Å². The zero-order valence-corrected chi connectivity index (χ0v) is 12.9. The van der Waals surface area contributed by atoms with Gasteiger partial charge >= 0.3 is 0 Å². The van der Waals surface area contributed by atoms with E-state index in [0.29, 0.717) is 6.54 Å². The highest BCUT2D eigenvalue weighted by Crippen LogP contribution is 2.22. The molecule has 0 saturated carbocycles. The Kier molecular flexibility index (Phi) is 4.75. The number of carbonyl (C=O) groups is 1. The van der Waals surface area contributed by atoms with E-state index in [4.69, 9.17) is 4.52 Å². The third-order valence-electron chi connectivity index (χ3n) is 3.37. The van der Waals surface area contributed by atoms with Gasteiger partial charge in [-0.25, -0.2) is 0 Å². The molecule has 1 atom stereocenters. The highest BCUT2D eigenvalue weighted by atomic mass is 16.5. The zero-order valence-electron chi connectivity index (χ0n) is 12.9. The van der Waals surface area contributed by atoms with Crippen molar-refractivity contribution in [2.24, 2.45) is 0 Å². The zero-order chi connectivity index (χ0) is 15.4. The quantitative estimate of drug-likeness (QED) is 0.846. The van der Waals surface area contributed by atoms with Crippen LogP contribution in [0, 0.1) is 6.92 Å². The molecule has 0 spiro atoms. The number of aryl methyl sites for hydroxylation is 1. The number of hydrogen-bond acceptors (Lipinski definition) is 4. The summed E-state index contributed by atoms with van der Waals surface area (Å²) in [5.41, 5.74) is 2.89. The average molecular weight is 287 g/mol. The summed E-state index contributed by atoms with van der Waals surface area (Å²) in [7, 11) is 5.60. The first-order valence-corrected chi connectivity index (χ1v) is 6.86. The minimum absolute atomic E-state index is 0.0357. The van der Waals surface area contributed by atoms with Gasteiger partial charge in [0.1, 0.15) is 18.0 Å². The number of rotatable bonds is 5. The summed E-state index contributed by atoms with van der Waals surface area (Å²) in [6.45, 7) is 2.46. The van der Waals surface area contributed by atoms with Gasteiger partial charge in [0.25, 0.3) is 0 Å². The van der Waals surface area contributed by atoms with Gasteiger partial charge in [-0.3, -0.25) is 9.69 Å². The molecule has 0 aliphatic heterocycles. The van der Waals surface area contributed by atoms with Crippen LogP contribution in [0.5, 0.6) is 0 Å². The third kappa shape index (κ3) is 3.70. The Hall–Kier alpha value is -2.14. The molecule has 0 N–H and O–H groups in total. The van der Waals surface area contributed by atoms with E-state index in [1.807, 2.05) is 50.2 Å². The standard InChI is InChI=1S/C16H21N3O2/c1-12-6-5-7-13(10-12)15(18(2)3)16(20)19(4)11-14-8-9-21-17-14/h5-10,15H,11H2,1-4H3/t15-/m0/s1. The van der Waals surface area contributed by atoms with Crippen LogP contribution in [0.3, 0.4) is 0 Å². The lowest BCUT2D eigenvalue weighted by Gasteiger charge is -2.28. The van der Waals surface area contributed by atoms with Crippen LogP contribution in [0.4, 0.5) is 0 Å². The SMILES string of the molecule is Cc1cccc([C@@H](C(=O)N(C)Cc2ccon2)N(C)C)c1. The molecule has 2 aromatic rings. The first-order valence-electron chi connectivity index (χ1n) is 6.86. The molecule has 0 aliphatic rings. The fraction of sp³-hybridized carbons (Fsp3) is 0.375. The molecule has 0 bridgehead atoms. The highest BCUT2D eigenvalue weighted by molar-refractivity contribution is 5.83. The molecule has 1 amide bonds. The van der Waals surface area contributed by atoms with E-state index in [2.05, 4.69) is 5.16 Å². The van der Waals surface area contributed by atoms with Crippen LogP contribution in [0.25, 0.3) is 0 Å². The summed E-state index contributed by atoms with van der Waals surface area (Å²) in [5, 5.41) is 3.85. The molecule has 21 heavy (non-hydrogen) atoms. The smallest absolute Gasteiger partial charge is 0.244 e. The molecule has 0 radical (unpaired) electrons. The molecule has 0 saturated heterocycles. The van der Waals surface area contributed by atoms with Crippen LogP contribution in [0.1, 0.15) is 22.9 Å². The van der Waals surface area contributed by atoms with Crippen LogP contribution in [-0.2, 0) is 11.3 Å². The lowest BCUT2D eigenvalue weighted by molar-refractivity contribution is -0.135. The molecular weight excluding hydrogens is 266 g/mol. The van der Waals surface area contributed by atoms with Gasteiger partial charge in [-0.05, 0) is 26.6 Å². The second-order valence-corrected chi connectivity index (χ2v) is 5.47. The summed E-state index contributed by atoms with van der Waals surface area (Å²) in [5.74, 6) is 0.0357. The largest absolute Gasteiger partial charge is 0.364 e. The van der Waals surface area contributed by atoms with Crippen LogP contribution in [-0.4, -0.2) is 42.0 Å². The molecule has 112 valence electrons. The van der Waals surface area contributed by atoms with E-state index in [0.717, 1.165) is 16.8 Å². The van der Waals surface area contributed by atoms with E-state index < -0.39 is 0 Å². The molecule has 1 aromatic heterocycles. The van der Waals surface area contributed by atoms with E-state index in [1.165, 1.54) is 6.26 Å². The average Bonchev–Trinajstić information content (AvgIpc) is 2.91. The Morgan fingerprint density at radius 2 is 2.05 bits per heavy atom. The van der Waals surface area contributed by atoms with Crippen molar-refractivity contribution < 1.29 is 9.32 Å². The Balaban J connectivity index is 2.19. The van der Waals surface area contributed by atoms with E-state index in [9.17, 15) is 4.79 Å². The summed E-state index contributed by atoms with van der Waals surface area (Å²) in [6, 6.07) is 9.50. The molecule has 1 aromatic carbocycles. The molecule has 0 aliphatic carbocycles. The number of nitrogens with zero attached hydrogens (tertiary/aromatic N) is 3. The number of carbonyl (C=O) groups excluding carboxylic acids is 1. The first-order chi connectivity index (χ1) is 9.99. The second kappa shape index (κ2) is 6.54. The minimum Gasteiger partial charge on any atom is -0.364 e. The molecule has 2 rings (SSSR count). The Morgan fingerprint density at radius 3 is 2.62 bits per heavy atom. The van der Waals surface area contributed by atoms with E-state index >= 15 is 0 Å². The molecule has 1 heterocycles. The maximum absolute atomic E-state index is 12.7. The van der Waals surface area contributed by atoms with Gasteiger partial charge < -0.3 is 9.42 Å². The van der Waals surface area contributed by atoms with Crippen molar-refractivity contribution >= 4 is 5.91 Å². The van der Waals surface area contributed by atoms with Crippen LogP contribution in [0.2, 0.25) is 0 Å². The lowest BCUT2D eigenvalue weighted by atomic mass is 10.0. The maximum atomic E-state index is 12.7. The minimum atomic E-state index is -0.304. The van der Waals surface area contributed by atoms with Crippen molar-refractivity contribution in [3.05, 3.63) is 53.4 Å². The van der Waals surface area contributed by atoms with Crippen LogP contribution in [0.15, 0.2) is 41.1 Å². The maximum Gasteiger partial charge on any atom is 0.244 e. The summed E-state index contributed by atoms with van der Waals surface area (Å²) in [6.07, 6.45) is 1.51. The second-order valence-electron chi connectivity index (χ2n) is 5.47. The fourth-order valence-electron chi connectivity index (χ4n) is 2.35. The monoisotopic (exact) mass is 287 g/mol. The number of likely N-dealkylation sites (N-methyl/N-ethyl adjacent to an activating group) is 2. The molecule has 5 nitrogen and oxygen atoms in total. The van der Waals surface area contributed by atoms with Gasteiger partial charge in [0, 0.05) is 13.1 Å². The topological polar surface area (TPSA) is 49.6 Å². The van der Waals surface area contributed by atoms with Crippen molar-refractivity contribution in [1.29, 1.82) is 0 Å². The summed E-state index contributed by atoms with van der Waals surface area (Å²) < 4.78 is 4.81. The molecule has 0 fully saturated rings. The molecule has 0 unspecified atom stereocenters. The van der Waals surface area contributed by atoms with Crippen molar-refractivity contribution in [2.45, 2.75) is 19.5 Å². The van der Waals surface area contributed by atoms with Gasteiger partial charge in [0.05, 0.1) is 6.54 Å². The van der Waals surface area contributed by atoms with Crippen molar-refractivity contribution in [2.75, 3.05) is 21.1 Å². The molecular formula is C16H21N3O2. The number of amides is 1. The lowest BCUT2D eigenvalue weighted by Crippen LogP contribution is -2.38. The summed E-state index contributed by atoms with van der Waals surface area (Å²) >= 11 is 0. The van der Waals surface area contributed by atoms with Crippen molar-refractivity contribution in [3.63, 3.8) is 0 Å². The predicted molar refractivity (Wildman–Crippen MR) is 80.6 cm³/mol. The number of hydrogen-bond donors (Lipinski definition) is 0. The predicted octanol–water partition coefficient (Wildman–Crippen LogP) is 2.24. The van der Waals surface area contributed by atoms with Crippen LogP contribution >= 0.6 is 0 Å². The molecule has 5 heteroatoms. The van der Waals surface area contributed by atoms with E-state index in [1.54, 1.807) is 18.0 Å². The summed E-state index contributed by atoms with van der Waals surface area (Å²) in [4.78, 5) is 16.3. The number of aromatic nitrogens is 1. The Bertz CT molecular complexity index is 593.